The van der Waals surface area contributed by atoms with Gasteiger partial charge in [-0.3, -0.25) is 14.9 Å². The third kappa shape index (κ3) is 4.85. The van der Waals surface area contributed by atoms with E-state index >= 15 is 0 Å². The summed E-state index contributed by atoms with van der Waals surface area (Å²) in [4.78, 5) is 23.0. The van der Waals surface area contributed by atoms with Gasteiger partial charge in [-0.25, -0.2) is 0 Å². The zero-order valence-corrected chi connectivity index (χ0v) is 14.3. The molecule has 0 aliphatic heterocycles. The lowest BCUT2D eigenvalue weighted by Crippen LogP contribution is -2.47. The van der Waals surface area contributed by atoms with Crippen molar-refractivity contribution in [1.82, 2.24) is 10.6 Å². The molecule has 5 nitrogen and oxygen atoms in total. The Morgan fingerprint density at radius 3 is 2.50 bits per heavy atom. The molecule has 2 saturated carbocycles. The van der Waals surface area contributed by atoms with E-state index in [2.05, 4.69) is 17.6 Å². The number of aliphatic carboxylic acids is 1. The van der Waals surface area contributed by atoms with Crippen molar-refractivity contribution in [2.45, 2.75) is 64.5 Å². The van der Waals surface area contributed by atoms with E-state index in [1.54, 1.807) is 0 Å². The summed E-state index contributed by atoms with van der Waals surface area (Å²) in [5, 5.41) is 14.9. The summed E-state index contributed by atoms with van der Waals surface area (Å²) < 4.78 is 0. The van der Waals surface area contributed by atoms with Crippen molar-refractivity contribution < 1.29 is 14.7 Å². The van der Waals surface area contributed by atoms with Crippen molar-refractivity contribution in [2.24, 2.45) is 17.8 Å². The Morgan fingerprint density at radius 2 is 2.00 bits per heavy atom. The molecule has 2 bridgehead atoms. The van der Waals surface area contributed by atoms with Gasteiger partial charge in [0.05, 0.1) is 6.54 Å². The summed E-state index contributed by atoms with van der Waals surface area (Å²) in [5.41, 5.74) is 0. The number of carbonyl (C=O) groups is 2. The van der Waals surface area contributed by atoms with Gasteiger partial charge >= 0.3 is 5.97 Å². The summed E-state index contributed by atoms with van der Waals surface area (Å²) >= 11 is 0. The highest BCUT2D eigenvalue weighted by molar-refractivity contribution is 5.85. The molecule has 6 heteroatoms. The molecule has 3 N–H and O–H groups in total. The van der Waals surface area contributed by atoms with Gasteiger partial charge < -0.3 is 10.4 Å². The minimum atomic E-state index is -0.884. The molecule has 0 aromatic heterocycles. The van der Waals surface area contributed by atoms with E-state index in [0.29, 0.717) is 12.3 Å². The summed E-state index contributed by atoms with van der Waals surface area (Å²) in [6, 6.07) is -0.428. The second-order valence-corrected chi connectivity index (χ2v) is 6.76. The van der Waals surface area contributed by atoms with Crippen LogP contribution in [0, 0.1) is 17.8 Å². The standard InChI is InChI=1S/C16H28N2O3.ClH/c1-3-4-14(16(20)21)17-9-15(19)18-10(2)13-8-11-5-6-12(13)7-11;/h10-14,17H,3-9H2,1-2H3,(H,18,19)(H,20,21);1H. The van der Waals surface area contributed by atoms with Crippen molar-refractivity contribution in [3.63, 3.8) is 0 Å². The number of nitrogens with one attached hydrogen (secondary N) is 2. The minimum Gasteiger partial charge on any atom is -0.480 e. The van der Waals surface area contributed by atoms with Gasteiger partial charge in [-0.1, -0.05) is 19.8 Å². The zero-order valence-electron chi connectivity index (χ0n) is 13.5. The highest BCUT2D eigenvalue weighted by atomic mass is 35.5. The van der Waals surface area contributed by atoms with Gasteiger partial charge in [0.2, 0.25) is 5.91 Å². The molecular weight excluding hydrogens is 304 g/mol. The van der Waals surface area contributed by atoms with E-state index in [1.807, 2.05) is 6.92 Å². The number of hydrogen-bond donors (Lipinski definition) is 3. The predicted molar refractivity (Wildman–Crippen MR) is 88.1 cm³/mol. The van der Waals surface area contributed by atoms with Crippen LogP contribution in [0.15, 0.2) is 0 Å². The molecule has 0 heterocycles. The van der Waals surface area contributed by atoms with Crippen LogP contribution in [0.25, 0.3) is 0 Å². The molecule has 2 rings (SSSR count). The minimum absolute atomic E-state index is 0. The van der Waals surface area contributed by atoms with Gasteiger partial charge in [-0.05, 0) is 50.4 Å². The number of hydrogen-bond acceptors (Lipinski definition) is 3. The molecule has 5 unspecified atom stereocenters. The molecule has 0 aromatic rings. The Hall–Kier alpha value is -0.810. The van der Waals surface area contributed by atoms with Crippen LogP contribution in [0.1, 0.15) is 52.4 Å². The van der Waals surface area contributed by atoms with E-state index in [0.717, 1.165) is 18.3 Å². The fraction of sp³-hybridized carbons (Fsp3) is 0.875. The first-order valence-corrected chi connectivity index (χ1v) is 8.26. The molecule has 2 aliphatic rings. The van der Waals surface area contributed by atoms with Gasteiger partial charge in [-0.2, -0.15) is 0 Å². The van der Waals surface area contributed by atoms with Gasteiger partial charge in [0.25, 0.3) is 0 Å². The summed E-state index contributed by atoms with van der Waals surface area (Å²) in [6.45, 7) is 4.11. The van der Waals surface area contributed by atoms with Crippen LogP contribution < -0.4 is 10.6 Å². The van der Waals surface area contributed by atoms with Crippen LogP contribution >= 0.6 is 12.4 Å². The maximum absolute atomic E-state index is 12.0. The number of carboxylic acid groups (broad SMARTS) is 1. The predicted octanol–water partition coefficient (Wildman–Crippen LogP) is 2.19. The van der Waals surface area contributed by atoms with Crippen LogP contribution in [0.5, 0.6) is 0 Å². The summed E-state index contributed by atoms with van der Waals surface area (Å²) in [5.74, 6) is 1.29. The smallest absolute Gasteiger partial charge is 0.320 e. The van der Waals surface area contributed by atoms with Crippen LogP contribution in [-0.2, 0) is 9.59 Å². The number of carboxylic acids is 1. The first-order valence-electron chi connectivity index (χ1n) is 8.26. The highest BCUT2D eigenvalue weighted by Gasteiger charge is 2.42. The maximum atomic E-state index is 12.0. The Morgan fingerprint density at radius 1 is 1.27 bits per heavy atom. The third-order valence-electron chi connectivity index (χ3n) is 5.21. The quantitative estimate of drug-likeness (QED) is 0.636. The second-order valence-electron chi connectivity index (χ2n) is 6.76. The number of fused-ring (bicyclic) bond motifs is 2. The van der Waals surface area contributed by atoms with Gasteiger partial charge in [0.1, 0.15) is 6.04 Å². The van der Waals surface area contributed by atoms with Crippen LogP contribution in [0.3, 0.4) is 0 Å². The van der Waals surface area contributed by atoms with Crippen molar-refractivity contribution in [3.05, 3.63) is 0 Å². The number of rotatable bonds is 8. The maximum Gasteiger partial charge on any atom is 0.320 e. The number of carbonyl (C=O) groups excluding carboxylic acids is 1. The van der Waals surface area contributed by atoms with E-state index in [4.69, 9.17) is 5.11 Å². The van der Waals surface area contributed by atoms with Crippen molar-refractivity contribution in [3.8, 4) is 0 Å². The van der Waals surface area contributed by atoms with Gasteiger partial charge in [0, 0.05) is 6.04 Å². The molecule has 1 amide bonds. The van der Waals surface area contributed by atoms with E-state index < -0.39 is 12.0 Å². The Balaban J connectivity index is 0.00000242. The lowest BCUT2D eigenvalue weighted by molar-refractivity contribution is -0.139. The largest absolute Gasteiger partial charge is 0.480 e. The fourth-order valence-corrected chi connectivity index (χ4v) is 4.14. The van der Waals surface area contributed by atoms with E-state index in [1.165, 1.54) is 25.7 Å². The number of amides is 1. The molecular formula is C16H29ClN2O3. The molecule has 2 fully saturated rings. The highest BCUT2D eigenvalue weighted by Crippen LogP contribution is 2.49. The lowest BCUT2D eigenvalue weighted by Gasteiger charge is -2.28. The molecule has 0 aromatic carbocycles. The van der Waals surface area contributed by atoms with Gasteiger partial charge in [0.15, 0.2) is 0 Å². The first kappa shape index (κ1) is 19.2. The Bertz CT molecular complexity index is 392. The summed E-state index contributed by atoms with van der Waals surface area (Å²) in [6.07, 6.45) is 6.58. The summed E-state index contributed by atoms with van der Waals surface area (Å²) in [7, 11) is 0. The molecule has 0 saturated heterocycles. The molecule has 0 radical (unpaired) electrons. The zero-order chi connectivity index (χ0) is 15.4. The molecule has 22 heavy (non-hydrogen) atoms. The molecule has 5 atom stereocenters. The van der Waals surface area contributed by atoms with Crippen LogP contribution in [-0.4, -0.2) is 35.6 Å². The Kier molecular flexibility index (Phi) is 7.63. The first-order chi connectivity index (χ1) is 10.0. The normalized spacial score (nSPS) is 28.7. The topological polar surface area (TPSA) is 78.4 Å². The average Bonchev–Trinajstić information content (AvgIpc) is 3.05. The van der Waals surface area contributed by atoms with Crippen LogP contribution in [0.4, 0.5) is 0 Å². The third-order valence-corrected chi connectivity index (χ3v) is 5.21. The van der Waals surface area contributed by atoms with Crippen molar-refractivity contribution in [1.29, 1.82) is 0 Å². The SMILES string of the molecule is CCCC(NCC(=O)NC(C)C1CC2CCC1C2)C(=O)O.Cl. The monoisotopic (exact) mass is 332 g/mol. The second kappa shape index (κ2) is 8.73. The molecule has 2 aliphatic carbocycles. The number of halogens is 1. The lowest BCUT2D eigenvalue weighted by atomic mass is 9.84. The van der Waals surface area contributed by atoms with E-state index in [-0.39, 0.29) is 30.9 Å². The Labute approximate surface area is 139 Å². The van der Waals surface area contributed by atoms with Gasteiger partial charge in [-0.15, -0.1) is 12.4 Å². The average molecular weight is 333 g/mol. The van der Waals surface area contributed by atoms with Crippen molar-refractivity contribution in [2.75, 3.05) is 6.54 Å². The van der Waals surface area contributed by atoms with Crippen LogP contribution in [0.2, 0.25) is 0 Å². The van der Waals surface area contributed by atoms with E-state index in [9.17, 15) is 9.59 Å². The molecule has 128 valence electrons. The van der Waals surface area contributed by atoms with Crippen molar-refractivity contribution >= 4 is 24.3 Å². The molecule has 0 spiro atoms. The fourth-order valence-electron chi connectivity index (χ4n) is 4.14.